The largest absolute Gasteiger partial charge is 0.461 e. The smallest absolute Gasteiger partial charge is 0.333 e. The fraction of sp³-hybridized carbons (Fsp3) is 0.400. The zero-order valence-electron chi connectivity index (χ0n) is 8.04. The highest BCUT2D eigenvalue weighted by atomic mass is 16.6. The van der Waals surface area contributed by atoms with Crippen LogP contribution in [0, 0.1) is 12.3 Å². The Morgan fingerprint density at radius 2 is 1.93 bits per heavy atom. The lowest BCUT2D eigenvalue weighted by Crippen LogP contribution is -2.13. The quantitative estimate of drug-likeness (QED) is 0.281. The molecule has 0 unspecified atom stereocenters. The van der Waals surface area contributed by atoms with E-state index in [-0.39, 0.29) is 19.6 Å². The van der Waals surface area contributed by atoms with Crippen molar-refractivity contribution in [3.05, 3.63) is 12.2 Å². The first kappa shape index (κ1) is 12.2. The summed E-state index contributed by atoms with van der Waals surface area (Å²) in [4.78, 5) is 21.5. The molecule has 0 aromatic carbocycles. The topological polar surface area (TPSA) is 52.6 Å². The van der Waals surface area contributed by atoms with Gasteiger partial charge in [0.05, 0.1) is 0 Å². The normalized spacial score (nSPS) is 8.57. The molecular formula is C10H12O4. The summed E-state index contributed by atoms with van der Waals surface area (Å²) in [6.07, 6.45) is 4.80. The molecule has 0 amide bonds. The minimum atomic E-state index is -0.502. The van der Waals surface area contributed by atoms with Crippen molar-refractivity contribution in [1.82, 2.24) is 0 Å². The molecule has 0 bridgehead atoms. The number of esters is 2. The Morgan fingerprint density at radius 1 is 1.36 bits per heavy atom. The molecule has 0 aliphatic carbocycles. The minimum Gasteiger partial charge on any atom is -0.461 e. The summed E-state index contributed by atoms with van der Waals surface area (Å²) in [5.41, 5.74) is 0.306. The van der Waals surface area contributed by atoms with Gasteiger partial charge < -0.3 is 9.47 Å². The summed E-state index contributed by atoms with van der Waals surface area (Å²) >= 11 is 0. The number of hydrogen-bond acceptors (Lipinski definition) is 4. The molecule has 0 aromatic heterocycles. The van der Waals surface area contributed by atoms with Crippen molar-refractivity contribution in [2.75, 3.05) is 13.2 Å². The molecule has 0 atom stereocenters. The fourth-order valence-corrected chi connectivity index (χ4v) is 0.547. The van der Waals surface area contributed by atoms with Crippen molar-refractivity contribution in [1.29, 1.82) is 0 Å². The molecular weight excluding hydrogens is 184 g/mol. The molecule has 4 heteroatoms. The molecule has 0 saturated carbocycles. The summed E-state index contributed by atoms with van der Waals surface area (Å²) in [6, 6.07) is 0. The third-order valence-corrected chi connectivity index (χ3v) is 1.17. The van der Waals surface area contributed by atoms with Gasteiger partial charge in [0.2, 0.25) is 0 Å². The first-order valence-corrected chi connectivity index (χ1v) is 3.99. The molecule has 0 aromatic rings. The van der Waals surface area contributed by atoms with E-state index in [1.54, 1.807) is 0 Å². The van der Waals surface area contributed by atoms with Crippen molar-refractivity contribution in [2.24, 2.45) is 0 Å². The number of carbonyl (C=O) groups is 2. The van der Waals surface area contributed by atoms with E-state index in [0.717, 1.165) is 0 Å². The zero-order valence-corrected chi connectivity index (χ0v) is 8.04. The summed E-state index contributed by atoms with van der Waals surface area (Å²) < 4.78 is 9.29. The van der Waals surface area contributed by atoms with Gasteiger partial charge in [0.1, 0.15) is 19.6 Å². The third-order valence-electron chi connectivity index (χ3n) is 1.17. The van der Waals surface area contributed by atoms with Crippen LogP contribution in [0.25, 0.3) is 0 Å². The van der Waals surface area contributed by atoms with E-state index in [4.69, 9.17) is 6.42 Å². The van der Waals surface area contributed by atoms with Gasteiger partial charge in [0, 0.05) is 5.57 Å². The molecule has 0 fully saturated rings. The summed E-state index contributed by atoms with van der Waals surface area (Å²) in [7, 11) is 0. The van der Waals surface area contributed by atoms with Gasteiger partial charge in [-0.3, -0.25) is 4.79 Å². The van der Waals surface area contributed by atoms with Gasteiger partial charge in [0.25, 0.3) is 0 Å². The lowest BCUT2D eigenvalue weighted by atomic mass is 10.4. The Balaban J connectivity index is 3.48. The van der Waals surface area contributed by atoms with Gasteiger partial charge in [-0.1, -0.05) is 12.5 Å². The van der Waals surface area contributed by atoms with Crippen LogP contribution in [-0.2, 0) is 19.1 Å². The third kappa shape index (κ3) is 5.84. The SMILES string of the molecule is C#CCC(=O)OCCOC(=O)C(=C)C. The van der Waals surface area contributed by atoms with E-state index >= 15 is 0 Å². The van der Waals surface area contributed by atoms with Crippen molar-refractivity contribution >= 4 is 11.9 Å². The standard InChI is InChI=1S/C10H12O4/c1-4-5-9(11)13-6-7-14-10(12)8(2)3/h1H,2,5-7H2,3H3. The average molecular weight is 196 g/mol. The summed E-state index contributed by atoms with van der Waals surface area (Å²) in [5.74, 6) is 1.14. The first-order chi connectivity index (χ1) is 6.57. The highest BCUT2D eigenvalue weighted by Gasteiger charge is 2.03. The van der Waals surface area contributed by atoms with E-state index in [1.165, 1.54) is 6.92 Å². The van der Waals surface area contributed by atoms with E-state index < -0.39 is 11.9 Å². The van der Waals surface area contributed by atoms with Gasteiger partial charge in [-0.05, 0) is 6.92 Å². The van der Waals surface area contributed by atoms with Gasteiger partial charge >= 0.3 is 11.9 Å². The average Bonchev–Trinajstić information content (AvgIpc) is 2.12. The summed E-state index contributed by atoms with van der Waals surface area (Å²) in [5, 5.41) is 0. The molecule has 0 N–H and O–H groups in total. The maximum atomic E-state index is 10.8. The Hall–Kier alpha value is -1.76. The van der Waals surface area contributed by atoms with Crippen LogP contribution in [0.15, 0.2) is 12.2 Å². The first-order valence-electron chi connectivity index (χ1n) is 3.99. The van der Waals surface area contributed by atoms with Crippen LogP contribution in [0.2, 0.25) is 0 Å². The predicted molar refractivity (Wildman–Crippen MR) is 50.2 cm³/mol. The van der Waals surface area contributed by atoms with Crippen LogP contribution in [0.5, 0.6) is 0 Å². The Bertz CT molecular complexity index is 272. The molecule has 0 heterocycles. The van der Waals surface area contributed by atoms with Crippen LogP contribution < -0.4 is 0 Å². The second kappa shape index (κ2) is 6.72. The fourth-order valence-electron chi connectivity index (χ4n) is 0.547. The van der Waals surface area contributed by atoms with Crippen molar-refractivity contribution in [2.45, 2.75) is 13.3 Å². The van der Waals surface area contributed by atoms with Crippen molar-refractivity contribution in [3.8, 4) is 12.3 Å². The van der Waals surface area contributed by atoms with E-state index in [0.29, 0.717) is 5.57 Å². The number of carbonyl (C=O) groups excluding carboxylic acids is 2. The molecule has 0 radical (unpaired) electrons. The van der Waals surface area contributed by atoms with Gasteiger partial charge in [-0.25, -0.2) is 4.79 Å². The molecule has 76 valence electrons. The van der Waals surface area contributed by atoms with Gasteiger partial charge in [-0.15, -0.1) is 6.42 Å². The monoisotopic (exact) mass is 196 g/mol. The highest BCUT2D eigenvalue weighted by molar-refractivity contribution is 5.86. The summed E-state index contributed by atoms with van der Waals surface area (Å²) in [6.45, 7) is 4.95. The van der Waals surface area contributed by atoms with E-state index in [9.17, 15) is 9.59 Å². The van der Waals surface area contributed by atoms with Gasteiger partial charge in [-0.2, -0.15) is 0 Å². The van der Waals surface area contributed by atoms with E-state index in [1.807, 2.05) is 0 Å². The molecule has 0 spiro atoms. The Labute approximate surface area is 82.9 Å². The maximum absolute atomic E-state index is 10.8. The van der Waals surface area contributed by atoms with Crippen LogP contribution in [0.4, 0.5) is 0 Å². The molecule has 0 aliphatic heterocycles. The molecule has 0 saturated heterocycles. The van der Waals surface area contributed by atoms with Crippen LogP contribution in [0.1, 0.15) is 13.3 Å². The van der Waals surface area contributed by atoms with Crippen LogP contribution >= 0.6 is 0 Å². The minimum absolute atomic E-state index is 0.0134. The second-order valence-electron chi connectivity index (χ2n) is 2.52. The van der Waals surface area contributed by atoms with Gasteiger partial charge in [0.15, 0.2) is 0 Å². The number of terminal acetylenes is 1. The second-order valence-corrected chi connectivity index (χ2v) is 2.52. The molecule has 4 nitrogen and oxygen atoms in total. The maximum Gasteiger partial charge on any atom is 0.333 e. The predicted octanol–water partition coefficient (Wildman–Crippen LogP) is 0.672. The Morgan fingerprint density at radius 3 is 2.43 bits per heavy atom. The highest BCUT2D eigenvalue weighted by Crippen LogP contribution is 1.92. The number of rotatable bonds is 5. The lowest BCUT2D eigenvalue weighted by molar-refractivity contribution is -0.149. The van der Waals surface area contributed by atoms with E-state index in [2.05, 4.69) is 22.0 Å². The molecule has 0 rings (SSSR count). The van der Waals surface area contributed by atoms with Crippen LogP contribution in [-0.4, -0.2) is 25.2 Å². The van der Waals surface area contributed by atoms with Crippen LogP contribution in [0.3, 0.4) is 0 Å². The Kier molecular flexibility index (Phi) is 5.88. The zero-order chi connectivity index (χ0) is 11.0. The molecule has 0 aliphatic rings. The molecule has 14 heavy (non-hydrogen) atoms. The number of ether oxygens (including phenoxy) is 2. The lowest BCUT2D eigenvalue weighted by Gasteiger charge is -2.04. The van der Waals surface area contributed by atoms with Crippen molar-refractivity contribution in [3.63, 3.8) is 0 Å². The van der Waals surface area contributed by atoms with Crippen molar-refractivity contribution < 1.29 is 19.1 Å². The number of hydrogen-bond donors (Lipinski definition) is 0.